The molecule has 2 N–H and O–H groups in total. The molecular formula is C11H18N2O. The molecule has 0 radical (unpaired) electrons. The standard InChI is InChI=1S/C11H18N2O/c1-11(2,3)7-4-5-9-8(6-7)10(12)13-14-9/h7H,4-6H2,1-3H3,(H2,12,13). The Morgan fingerprint density at radius 3 is 2.79 bits per heavy atom. The van der Waals surface area contributed by atoms with Gasteiger partial charge in [-0.3, -0.25) is 0 Å². The molecule has 78 valence electrons. The molecule has 14 heavy (non-hydrogen) atoms. The van der Waals surface area contributed by atoms with Crippen molar-refractivity contribution in [2.45, 2.75) is 40.0 Å². The second-order valence-corrected chi connectivity index (χ2v) is 5.28. The molecule has 1 unspecified atom stereocenters. The number of nitrogens with zero attached hydrogens (tertiary/aromatic N) is 1. The van der Waals surface area contributed by atoms with Crippen LogP contribution in [0.3, 0.4) is 0 Å². The summed E-state index contributed by atoms with van der Waals surface area (Å²) in [5.74, 6) is 2.29. The van der Waals surface area contributed by atoms with Crippen molar-refractivity contribution >= 4 is 5.82 Å². The SMILES string of the molecule is CC(C)(C)C1CCc2onc(N)c2C1. The Morgan fingerprint density at radius 1 is 1.43 bits per heavy atom. The quantitative estimate of drug-likeness (QED) is 0.690. The van der Waals surface area contributed by atoms with Crippen molar-refractivity contribution in [2.24, 2.45) is 11.3 Å². The zero-order chi connectivity index (χ0) is 10.3. The Hall–Kier alpha value is -0.990. The lowest BCUT2D eigenvalue weighted by molar-refractivity contribution is 0.207. The van der Waals surface area contributed by atoms with E-state index >= 15 is 0 Å². The third kappa shape index (κ3) is 1.51. The topological polar surface area (TPSA) is 52.0 Å². The van der Waals surface area contributed by atoms with Gasteiger partial charge in [0.2, 0.25) is 0 Å². The van der Waals surface area contributed by atoms with Crippen LogP contribution in [0, 0.1) is 11.3 Å². The second kappa shape index (κ2) is 3.01. The molecule has 0 bridgehead atoms. The van der Waals surface area contributed by atoms with Crippen LogP contribution in [0.2, 0.25) is 0 Å². The van der Waals surface area contributed by atoms with Crippen LogP contribution in [0.5, 0.6) is 0 Å². The van der Waals surface area contributed by atoms with E-state index in [0.717, 1.165) is 24.2 Å². The highest BCUT2D eigenvalue weighted by molar-refractivity contribution is 5.42. The molecule has 3 heteroatoms. The van der Waals surface area contributed by atoms with Crippen LogP contribution in [0.15, 0.2) is 4.52 Å². The van der Waals surface area contributed by atoms with Gasteiger partial charge in [-0.2, -0.15) is 0 Å². The lowest BCUT2D eigenvalue weighted by atomic mass is 9.72. The van der Waals surface area contributed by atoms with Gasteiger partial charge in [-0.15, -0.1) is 0 Å². The Bertz CT molecular complexity index is 336. The molecule has 1 atom stereocenters. The summed E-state index contributed by atoms with van der Waals surface area (Å²) in [6, 6.07) is 0. The van der Waals surface area contributed by atoms with Crippen LogP contribution in [0.25, 0.3) is 0 Å². The molecule has 1 aliphatic carbocycles. The summed E-state index contributed by atoms with van der Waals surface area (Å²) in [6.45, 7) is 6.85. The molecule has 3 nitrogen and oxygen atoms in total. The fourth-order valence-electron chi connectivity index (χ4n) is 2.17. The van der Waals surface area contributed by atoms with Crippen molar-refractivity contribution < 1.29 is 4.52 Å². The maximum absolute atomic E-state index is 5.76. The first-order chi connectivity index (χ1) is 6.48. The van der Waals surface area contributed by atoms with Gasteiger partial charge in [0.15, 0.2) is 5.82 Å². The number of hydrogen-bond donors (Lipinski definition) is 1. The third-order valence-corrected chi connectivity index (χ3v) is 3.30. The highest BCUT2D eigenvalue weighted by Crippen LogP contribution is 2.38. The molecular weight excluding hydrogens is 176 g/mol. The van der Waals surface area contributed by atoms with Crippen LogP contribution < -0.4 is 5.73 Å². The van der Waals surface area contributed by atoms with Crippen LogP contribution in [0.4, 0.5) is 5.82 Å². The fourth-order valence-corrected chi connectivity index (χ4v) is 2.17. The largest absolute Gasteiger partial charge is 0.381 e. The van der Waals surface area contributed by atoms with Gasteiger partial charge in [-0.25, -0.2) is 0 Å². The van der Waals surface area contributed by atoms with Crippen LogP contribution >= 0.6 is 0 Å². The summed E-state index contributed by atoms with van der Waals surface area (Å²) in [5, 5.41) is 3.82. The number of nitrogens with two attached hydrogens (primary N) is 1. The molecule has 0 saturated heterocycles. The normalized spacial score (nSPS) is 22.1. The zero-order valence-electron chi connectivity index (χ0n) is 9.13. The van der Waals surface area contributed by atoms with Gasteiger partial charge in [-0.05, 0) is 24.2 Å². The summed E-state index contributed by atoms with van der Waals surface area (Å²) >= 11 is 0. The molecule has 0 aliphatic heterocycles. The van der Waals surface area contributed by atoms with Crippen LogP contribution in [-0.2, 0) is 12.8 Å². The van der Waals surface area contributed by atoms with Gasteiger partial charge in [0, 0.05) is 12.0 Å². The lowest BCUT2D eigenvalue weighted by Gasteiger charge is -2.33. The maximum Gasteiger partial charge on any atom is 0.170 e. The summed E-state index contributed by atoms with van der Waals surface area (Å²) in [7, 11) is 0. The molecule has 0 saturated carbocycles. The van der Waals surface area contributed by atoms with Gasteiger partial charge in [0.05, 0.1) is 0 Å². The van der Waals surface area contributed by atoms with E-state index < -0.39 is 0 Å². The Morgan fingerprint density at radius 2 is 2.14 bits per heavy atom. The van der Waals surface area contributed by atoms with Gasteiger partial charge in [0.25, 0.3) is 0 Å². The summed E-state index contributed by atoms with van der Waals surface area (Å²) in [5.41, 5.74) is 7.26. The summed E-state index contributed by atoms with van der Waals surface area (Å²) < 4.78 is 5.17. The van der Waals surface area contributed by atoms with E-state index in [2.05, 4.69) is 25.9 Å². The minimum Gasteiger partial charge on any atom is -0.381 e. The van der Waals surface area contributed by atoms with Crippen molar-refractivity contribution in [3.05, 3.63) is 11.3 Å². The number of fused-ring (bicyclic) bond motifs is 1. The third-order valence-electron chi connectivity index (χ3n) is 3.30. The van der Waals surface area contributed by atoms with Crippen molar-refractivity contribution in [3.63, 3.8) is 0 Å². The molecule has 0 fully saturated rings. The maximum atomic E-state index is 5.76. The first-order valence-corrected chi connectivity index (χ1v) is 5.21. The average Bonchev–Trinajstić information content (AvgIpc) is 2.46. The monoisotopic (exact) mass is 194 g/mol. The summed E-state index contributed by atoms with van der Waals surface area (Å²) in [4.78, 5) is 0. The van der Waals surface area contributed by atoms with Crippen LogP contribution in [0.1, 0.15) is 38.5 Å². The lowest BCUT2D eigenvalue weighted by Crippen LogP contribution is -2.26. The highest BCUT2D eigenvalue weighted by Gasteiger charge is 2.31. The van der Waals surface area contributed by atoms with Crippen LogP contribution in [-0.4, -0.2) is 5.16 Å². The second-order valence-electron chi connectivity index (χ2n) is 5.28. The highest BCUT2D eigenvalue weighted by atomic mass is 16.5. The smallest absolute Gasteiger partial charge is 0.170 e. The van der Waals surface area contributed by atoms with E-state index in [1.807, 2.05) is 0 Å². The van der Waals surface area contributed by atoms with Crippen molar-refractivity contribution in [1.82, 2.24) is 5.16 Å². The van der Waals surface area contributed by atoms with Gasteiger partial charge >= 0.3 is 0 Å². The number of anilines is 1. The molecule has 0 spiro atoms. The molecule has 0 aromatic carbocycles. The van der Waals surface area contributed by atoms with E-state index in [-0.39, 0.29) is 0 Å². The predicted octanol–water partition coefficient (Wildman–Crippen LogP) is 2.41. The number of aryl methyl sites for hydroxylation is 1. The molecule has 1 aromatic rings. The number of nitrogen functional groups attached to an aromatic ring is 1. The molecule has 2 rings (SSSR count). The summed E-state index contributed by atoms with van der Waals surface area (Å²) in [6.07, 6.45) is 3.20. The minimum absolute atomic E-state index is 0.349. The fraction of sp³-hybridized carbons (Fsp3) is 0.727. The van der Waals surface area contributed by atoms with Crippen molar-refractivity contribution in [1.29, 1.82) is 0 Å². The van der Waals surface area contributed by atoms with Crippen molar-refractivity contribution in [3.8, 4) is 0 Å². The Balaban J connectivity index is 2.24. The number of rotatable bonds is 0. The number of aromatic nitrogens is 1. The molecule has 1 aliphatic rings. The first-order valence-electron chi connectivity index (χ1n) is 5.21. The van der Waals surface area contributed by atoms with Gasteiger partial charge < -0.3 is 10.3 Å². The van der Waals surface area contributed by atoms with E-state index in [0.29, 0.717) is 17.2 Å². The predicted molar refractivity (Wildman–Crippen MR) is 55.9 cm³/mol. The van der Waals surface area contributed by atoms with Crippen molar-refractivity contribution in [2.75, 3.05) is 5.73 Å². The van der Waals surface area contributed by atoms with E-state index in [1.54, 1.807) is 0 Å². The molecule has 1 aromatic heterocycles. The van der Waals surface area contributed by atoms with Gasteiger partial charge in [-0.1, -0.05) is 25.9 Å². The zero-order valence-corrected chi connectivity index (χ0v) is 9.13. The average molecular weight is 194 g/mol. The molecule has 1 heterocycles. The first kappa shape index (κ1) is 9.56. The Kier molecular flexibility index (Phi) is 2.05. The van der Waals surface area contributed by atoms with Gasteiger partial charge in [0.1, 0.15) is 5.76 Å². The Labute approximate surface area is 84.7 Å². The molecule has 0 amide bonds. The number of hydrogen-bond acceptors (Lipinski definition) is 3. The van der Waals surface area contributed by atoms with E-state index in [4.69, 9.17) is 10.3 Å². The van der Waals surface area contributed by atoms with E-state index in [1.165, 1.54) is 6.42 Å². The van der Waals surface area contributed by atoms with E-state index in [9.17, 15) is 0 Å². The minimum atomic E-state index is 0.349.